The van der Waals surface area contributed by atoms with Gasteiger partial charge in [0.2, 0.25) is 5.76 Å². The molecule has 7 heteroatoms. The van der Waals surface area contributed by atoms with Crippen LogP contribution in [-0.2, 0) is 25.5 Å². The van der Waals surface area contributed by atoms with E-state index in [9.17, 15) is 14.4 Å². The van der Waals surface area contributed by atoms with Crippen molar-refractivity contribution in [3.8, 4) is 5.75 Å². The molecule has 0 spiro atoms. The Balaban J connectivity index is 2.11. The number of hydrogen-bond donors (Lipinski definition) is 1. The van der Waals surface area contributed by atoms with Gasteiger partial charge in [0.05, 0.1) is 11.8 Å². The Morgan fingerprint density at radius 3 is 1.95 bits per heavy atom. The van der Waals surface area contributed by atoms with Crippen molar-refractivity contribution in [1.29, 1.82) is 0 Å². The largest absolute Gasteiger partial charge is 0.457 e. The highest BCUT2D eigenvalue weighted by molar-refractivity contribution is 6.05. The summed E-state index contributed by atoms with van der Waals surface area (Å²) in [6.07, 6.45) is 10.8. The Morgan fingerprint density at radius 2 is 1.34 bits per heavy atom. The molecule has 224 valence electrons. The lowest BCUT2D eigenvalue weighted by Gasteiger charge is -2.22. The van der Waals surface area contributed by atoms with Crippen molar-refractivity contribution < 1.29 is 28.6 Å². The maximum atomic E-state index is 13.1. The van der Waals surface area contributed by atoms with Crippen molar-refractivity contribution in [3.05, 3.63) is 71.5 Å². The lowest BCUT2D eigenvalue weighted by molar-refractivity contribution is -0.154. The molecule has 0 unspecified atom stereocenters. The zero-order valence-electron chi connectivity index (χ0n) is 25.8. The molecule has 2 rings (SSSR count). The molecule has 0 saturated carbocycles. The minimum atomic E-state index is -0.832. The second-order valence-electron chi connectivity index (χ2n) is 12.2. The fourth-order valence-electron chi connectivity index (χ4n) is 3.98. The Morgan fingerprint density at radius 1 is 0.756 bits per heavy atom. The summed E-state index contributed by atoms with van der Waals surface area (Å²) in [6.45, 7) is 12.5. The van der Waals surface area contributed by atoms with Crippen LogP contribution in [0.5, 0.6) is 5.75 Å². The lowest BCUT2D eigenvalue weighted by Crippen LogP contribution is -2.28. The molecule has 1 N–H and O–H groups in total. The standard InChI is InChI=1S/C34H47NO6/c1-8-9-10-11-12-13-14-17-25-20-22-26(23-21-25)31(37)35-27-18-15-16-19-28(27)39-29(32(38)41-34(5,6)7)24-30(36)40-33(2,3)4/h15-16,18-24H,8-14,17H2,1-7H3,(H,35,37)/b29-24+. The summed E-state index contributed by atoms with van der Waals surface area (Å²) in [6, 6.07) is 14.3. The molecule has 0 aromatic heterocycles. The highest BCUT2D eigenvalue weighted by Crippen LogP contribution is 2.27. The van der Waals surface area contributed by atoms with Gasteiger partial charge < -0.3 is 19.5 Å². The second-order valence-corrected chi connectivity index (χ2v) is 12.2. The van der Waals surface area contributed by atoms with Crippen LogP contribution in [0.3, 0.4) is 0 Å². The summed E-state index contributed by atoms with van der Waals surface area (Å²) in [5, 5.41) is 2.85. The maximum absolute atomic E-state index is 13.1. The second kappa shape index (κ2) is 16.0. The Kier molecular flexibility index (Phi) is 13.1. The molecule has 0 aliphatic rings. The summed E-state index contributed by atoms with van der Waals surface area (Å²) in [5.41, 5.74) is 0.459. The van der Waals surface area contributed by atoms with Crippen LogP contribution >= 0.6 is 0 Å². The number of nitrogens with one attached hydrogen (secondary N) is 1. The van der Waals surface area contributed by atoms with Crippen LogP contribution in [0.4, 0.5) is 5.69 Å². The first-order chi connectivity index (χ1) is 19.3. The van der Waals surface area contributed by atoms with Crippen LogP contribution in [0.2, 0.25) is 0 Å². The number of benzene rings is 2. The molecule has 0 heterocycles. The minimum absolute atomic E-state index is 0.178. The van der Waals surface area contributed by atoms with Gasteiger partial charge >= 0.3 is 11.9 Å². The molecule has 7 nitrogen and oxygen atoms in total. The third-order valence-corrected chi connectivity index (χ3v) is 5.90. The van der Waals surface area contributed by atoms with Crippen LogP contribution in [0.1, 0.15) is 109 Å². The number of carbonyl (C=O) groups excluding carboxylic acids is 3. The summed E-state index contributed by atoms with van der Waals surface area (Å²) in [5.74, 6) is -2.08. The molecular weight excluding hydrogens is 518 g/mol. The normalized spacial score (nSPS) is 12.0. The molecule has 0 bridgehead atoms. The number of amides is 1. The summed E-state index contributed by atoms with van der Waals surface area (Å²) >= 11 is 0. The zero-order chi connectivity index (χ0) is 30.5. The molecule has 0 fully saturated rings. The topological polar surface area (TPSA) is 90.9 Å². The molecule has 0 radical (unpaired) electrons. The fraction of sp³-hybridized carbons (Fsp3) is 0.500. The maximum Gasteiger partial charge on any atom is 0.375 e. The summed E-state index contributed by atoms with van der Waals surface area (Å²) in [7, 11) is 0. The molecule has 0 saturated heterocycles. The molecule has 41 heavy (non-hydrogen) atoms. The smallest absolute Gasteiger partial charge is 0.375 e. The molecule has 0 aliphatic carbocycles. The highest BCUT2D eigenvalue weighted by Gasteiger charge is 2.25. The molecule has 2 aromatic rings. The van der Waals surface area contributed by atoms with Gasteiger partial charge in [-0.05, 0) is 84.2 Å². The van der Waals surface area contributed by atoms with Gasteiger partial charge in [-0.1, -0.05) is 69.7 Å². The van der Waals surface area contributed by atoms with Crippen molar-refractivity contribution in [2.45, 2.75) is 111 Å². The lowest BCUT2D eigenvalue weighted by atomic mass is 10.0. The Hall–Kier alpha value is -3.61. The van der Waals surface area contributed by atoms with E-state index in [0.29, 0.717) is 11.3 Å². The van der Waals surface area contributed by atoms with Gasteiger partial charge in [-0.3, -0.25) is 4.79 Å². The molecule has 2 aromatic carbocycles. The van der Waals surface area contributed by atoms with E-state index in [1.54, 1.807) is 65.8 Å². The van der Waals surface area contributed by atoms with Gasteiger partial charge in [-0.2, -0.15) is 0 Å². The van der Waals surface area contributed by atoms with E-state index in [4.69, 9.17) is 14.2 Å². The quantitative estimate of drug-likeness (QED) is 0.107. The summed E-state index contributed by atoms with van der Waals surface area (Å²) in [4.78, 5) is 38.4. The van der Waals surface area contributed by atoms with Crippen LogP contribution in [0.25, 0.3) is 0 Å². The van der Waals surface area contributed by atoms with Crippen LogP contribution in [0, 0.1) is 0 Å². The van der Waals surface area contributed by atoms with E-state index >= 15 is 0 Å². The monoisotopic (exact) mass is 565 g/mol. The number of rotatable bonds is 14. The molecule has 1 amide bonds. The number of esters is 2. The minimum Gasteiger partial charge on any atom is -0.457 e. The molecule has 0 atom stereocenters. The fourth-order valence-corrected chi connectivity index (χ4v) is 3.98. The summed E-state index contributed by atoms with van der Waals surface area (Å²) < 4.78 is 16.6. The predicted octanol–water partition coefficient (Wildman–Crippen LogP) is 8.18. The van der Waals surface area contributed by atoms with Gasteiger partial charge in [-0.25, -0.2) is 9.59 Å². The van der Waals surface area contributed by atoms with Crippen LogP contribution in [0.15, 0.2) is 60.4 Å². The van der Waals surface area contributed by atoms with Gasteiger partial charge in [0.1, 0.15) is 11.2 Å². The predicted molar refractivity (Wildman–Crippen MR) is 163 cm³/mol. The van der Waals surface area contributed by atoms with Crippen LogP contribution in [-0.4, -0.2) is 29.0 Å². The average Bonchev–Trinajstić information content (AvgIpc) is 2.87. The van der Waals surface area contributed by atoms with Crippen molar-refractivity contribution in [3.63, 3.8) is 0 Å². The van der Waals surface area contributed by atoms with Gasteiger partial charge in [0.15, 0.2) is 5.75 Å². The molecular formula is C34H47NO6. The SMILES string of the molecule is CCCCCCCCCc1ccc(C(=O)Nc2ccccc2O/C(=C/C(=O)OC(C)(C)C)C(=O)OC(C)(C)C)cc1. The van der Waals surface area contributed by atoms with Crippen molar-refractivity contribution in [2.75, 3.05) is 5.32 Å². The van der Waals surface area contributed by atoms with E-state index in [0.717, 1.165) is 18.9 Å². The number of hydrogen-bond acceptors (Lipinski definition) is 6. The number of unbranched alkanes of at least 4 members (excludes halogenated alkanes) is 6. The number of anilines is 1. The molecule has 0 aliphatic heterocycles. The Bertz CT molecular complexity index is 1170. The van der Waals surface area contributed by atoms with Crippen molar-refractivity contribution in [1.82, 2.24) is 0 Å². The number of para-hydroxylation sites is 2. The van der Waals surface area contributed by atoms with E-state index in [-0.39, 0.29) is 17.4 Å². The zero-order valence-corrected chi connectivity index (χ0v) is 25.8. The van der Waals surface area contributed by atoms with E-state index in [1.807, 2.05) is 24.3 Å². The number of carbonyl (C=O) groups is 3. The van der Waals surface area contributed by atoms with Gasteiger partial charge in [-0.15, -0.1) is 0 Å². The van der Waals surface area contributed by atoms with E-state index in [1.165, 1.54) is 44.1 Å². The van der Waals surface area contributed by atoms with Gasteiger partial charge in [0.25, 0.3) is 5.91 Å². The first-order valence-corrected chi connectivity index (χ1v) is 14.6. The third kappa shape index (κ3) is 13.5. The Labute approximate surface area is 245 Å². The first-order valence-electron chi connectivity index (χ1n) is 14.6. The van der Waals surface area contributed by atoms with Crippen molar-refractivity contribution in [2.24, 2.45) is 0 Å². The van der Waals surface area contributed by atoms with Gasteiger partial charge in [0, 0.05) is 5.56 Å². The van der Waals surface area contributed by atoms with Crippen LogP contribution < -0.4 is 10.1 Å². The average molecular weight is 566 g/mol. The van der Waals surface area contributed by atoms with Crippen molar-refractivity contribution >= 4 is 23.5 Å². The number of ether oxygens (including phenoxy) is 3. The van der Waals surface area contributed by atoms with E-state index < -0.39 is 23.1 Å². The van der Waals surface area contributed by atoms with E-state index in [2.05, 4.69) is 12.2 Å². The first kappa shape index (κ1) is 33.6. The third-order valence-electron chi connectivity index (χ3n) is 5.90. The highest BCUT2D eigenvalue weighted by atomic mass is 16.6. The number of aryl methyl sites for hydroxylation is 1.